The molecular formula is C17H16N4O2S. The number of amides is 1. The van der Waals surface area contributed by atoms with Crippen LogP contribution in [0, 0.1) is 18.3 Å². The van der Waals surface area contributed by atoms with Crippen molar-refractivity contribution in [3.8, 4) is 6.07 Å². The molecule has 3 rings (SSSR count). The summed E-state index contributed by atoms with van der Waals surface area (Å²) in [4.78, 5) is 30.8. The second-order valence-electron chi connectivity index (χ2n) is 5.71. The van der Waals surface area contributed by atoms with Gasteiger partial charge in [-0.25, -0.2) is 4.98 Å². The summed E-state index contributed by atoms with van der Waals surface area (Å²) in [5.41, 5.74) is 2.64. The Kier molecular flexibility index (Phi) is 4.32. The molecule has 1 N–H and O–H groups in total. The van der Waals surface area contributed by atoms with Crippen molar-refractivity contribution in [1.82, 2.24) is 4.98 Å². The van der Waals surface area contributed by atoms with E-state index in [2.05, 4.69) is 10.3 Å². The number of Topliss-reactive ketones (excluding diaryl/α,β-unsaturated/α-hetero) is 1. The summed E-state index contributed by atoms with van der Waals surface area (Å²) in [6.45, 7) is 2.44. The average Bonchev–Trinajstić information content (AvgIpc) is 2.93. The number of hydrogen-bond acceptors (Lipinski definition) is 6. The Balaban J connectivity index is 1.96. The van der Waals surface area contributed by atoms with Crippen molar-refractivity contribution >= 4 is 34.4 Å². The zero-order valence-corrected chi connectivity index (χ0v) is 14.2. The molecule has 1 aromatic heterocycles. The van der Waals surface area contributed by atoms with Crippen LogP contribution in [0.2, 0.25) is 0 Å². The van der Waals surface area contributed by atoms with Crippen LogP contribution in [0.15, 0.2) is 23.6 Å². The molecule has 0 aliphatic carbocycles. The molecule has 122 valence electrons. The summed E-state index contributed by atoms with van der Waals surface area (Å²) in [7, 11) is 1.90. The number of aromatic nitrogens is 1. The summed E-state index contributed by atoms with van der Waals surface area (Å²) in [5, 5.41) is 14.5. The summed E-state index contributed by atoms with van der Waals surface area (Å²) in [5.74, 6) is -1.32. The molecule has 7 heteroatoms. The lowest BCUT2D eigenvalue weighted by atomic mass is 9.98. The number of fused-ring (bicyclic) bond motifs is 1. The van der Waals surface area contributed by atoms with Crippen molar-refractivity contribution in [2.24, 2.45) is 0 Å². The largest absolute Gasteiger partial charge is 0.372 e. The lowest BCUT2D eigenvalue weighted by Crippen LogP contribution is -2.18. The van der Waals surface area contributed by atoms with Gasteiger partial charge >= 0.3 is 0 Å². The van der Waals surface area contributed by atoms with E-state index in [1.54, 1.807) is 18.2 Å². The van der Waals surface area contributed by atoms with Crippen LogP contribution in [0.3, 0.4) is 0 Å². The Bertz CT molecular complexity index is 853. The number of nitriles is 1. The average molecular weight is 340 g/mol. The fourth-order valence-electron chi connectivity index (χ4n) is 2.62. The number of thiazole rings is 1. The minimum Gasteiger partial charge on any atom is -0.372 e. The second kappa shape index (κ2) is 6.42. The number of benzene rings is 1. The van der Waals surface area contributed by atoms with Crippen LogP contribution in [0.25, 0.3) is 0 Å². The number of carbonyl (C=O) groups is 2. The van der Waals surface area contributed by atoms with Gasteiger partial charge in [0.25, 0.3) is 0 Å². The Morgan fingerprint density at radius 1 is 1.50 bits per heavy atom. The van der Waals surface area contributed by atoms with Crippen LogP contribution in [0.5, 0.6) is 0 Å². The van der Waals surface area contributed by atoms with Gasteiger partial charge in [-0.3, -0.25) is 9.59 Å². The van der Waals surface area contributed by atoms with E-state index in [1.165, 1.54) is 11.3 Å². The van der Waals surface area contributed by atoms with Gasteiger partial charge < -0.3 is 10.2 Å². The number of ketones is 1. The number of aryl methyl sites for hydroxylation is 1. The zero-order valence-electron chi connectivity index (χ0n) is 13.4. The predicted molar refractivity (Wildman–Crippen MR) is 92.5 cm³/mol. The van der Waals surface area contributed by atoms with Crippen LogP contribution in [0.4, 0.5) is 11.4 Å². The SMILES string of the molecule is Cc1csc([C@@H](C#N)C(=O)c2ccc3c(c2)NC(=O)CCN3C)n1. The Labute approximate surface area is 143 Å². The number of carbonyl (C=O) groups excluding carboxylic acids is 2. The second-order valence-corrected chi connectivity index (χ2v) is 6.59. The maximum Gasteiger partial charge on any atom is 0.226 e. The number of rotatable bonds is 3. The number of nitrogens with one attached hydrogen (secondary N) is 1. The molecule has 1 atom stereocenters. The third-order valence-corrected chi connectivity index (χ3v) is 4.94. The molecule has 0 saturated heterocycles. The maximum absolute atomic E-state index is 12.7. The quantitative estimate of drug-likeness (QED) is 0.868. The van der Waals surface area contributed by atoms with E-state index in [-0.39, 0.29) is 11.7 Å². The van der Waals surface area contributed by atoms with Crippen LogP contribution in [0.1, 0.15) is 33.4 Å². The number of nitrogens with zero attached hydrogens (tertiary/aromatic N) is 3. The van der Waals surface area contributed by atoms with Crippen molar-refractivity contribution in [2.75, 3.05) is 23.8 Å². The van der Waals surface area contributed by atoms with Gasteiger partial charge in [-0.15, -0.1) is 11.3 Å². The first-order chi connectivity index (χ1) is 11.5. The fourth-order valence-corrected chi connectivity index (χ4v) is 3.46. The highest BCUT2D eigenvalue weighted by molar-refractivity contribution is 7.10. The van der Waals surface area contributed by atoms with Gasteiger partial charge in [0, 0.05) is 36.7 Å². The first kappa shape index (κ1) is 16.1. The molecule has 0 fully saturated rings. The Morgan fingerprint density at radius 2 is 2.29 bits per heavy atom. The van der Waals surface area contributed by atoms with Crippen molar-refractivity contribution in [2.45, 2.75) is 19.3 Å². The molecule has 2 heterocycles. The first-order valence-corrected chi connectivity index (χ1v) is 8.38. The van der Waals surface area contributed by atoms with Crippen molar-refractivity contribution in [3.05, 3.63) is 39.8 Å². The molecule has 0 bridgehead atoms. The van der Waals surface area contributed by atoms with E-state index in [9.17, 15) is 14.9 Å². The van der Waals surface area contributed by atoms with Gasteiger partial charge in [0.05, 0.1) is 17.4 Å². The molecule has 0 unspecified atom stereocenters. The first-order valence-electron chi connectivity index (χ1n) is 7.50. The van der Waals surface area contributed by atoms with Crippen molar-refractivity contribution < 1.29 is 9.59 Å². The smallest absolute Gasteiger partial charge is 0.226 e. The summed E-state index contributed by atoms with van der Waals surface area (Å²) in [6.07, 6.45) is 0.397. The van der Waals surface area contributed by atoms with Gasteiger partial charge in [-0.1, -0.05) is 0 Å². The molecule has 2 aromatic rings. The predicted octanol–water partition coefficient (Wildman–Crippen LogP) is 2.72. The topological polar surface area (TPSA) is 86.1 Å². The third-order valence-electron chi connectivity index (χ3n) is 3.92. The lowest BCUT2D eigenvalue weighted by Gasteiger charge is -2.19. The minimum absolute atomic E-state index is 0.0856. The van der Waals surface area contributed by atoms with E-state index < -0.39 is 5.92 Å². The van der Waals surface area contributed by atoms with E-state index >= 15 is 0 Å². The number of anilines is 2. The van der Waals surface area contributed by atoms with Gasteiger partial charge in [0.2, 0.25) is 5.91 Å². The van der Waals surface area contributed by atoms with Gasteiger partial charge in [-0.05, 0) is 25.1 Å². The summed E-state index contributed by atoms with van der Waals surface area (Å²) < 4.78 is 0. The number of hydrogen-bond donors (Lipinski definition) is 1. The standard InChI is InChI=1S/C17H16N4O2S/c1-10-9-24-17(19-10)12(8-18)16(23)11-3-4-14-13(7-11)20-15(22)5-6-21(14)2/h3-4,7,9,12H,5-6H2,1-2H3,(H,20,22)/t12-/m0/s1. The van der Waals surface area contributed by atoms with Crippen molar-refractivity contribution in [1.29, 1.82) is 5.26 Å². The third kappa shape index (κ3) is 3.01. The van der Waals surface area contributed by atoms with Gasteiger partial charge in [0.1, 0.15) is 5.01 Å². The highest BCUT2D eigenvalue weighted by Crippen LogP contribution is 2.31. The van der Waals surface area contributed by atoms with E-state index in [4.69, 9.17) is 0 Å². The van der Waals surface area contributed by atoms with E-state index in [1.807, 2.05) is 30.3 Å². The van der Waals surface area contributed by atoms with Crippen LogP contribution >= 0.6 is 11.3 Å². The normalized spacial score (nSPS) is 15.0. The fraction of sp³-hybridized carbons (Fsp3) is 0.294. The Morgan fingerprint density at radius 3 is 2.96 bits per heavy atom. The molecule has 24 heavy (non-hydrogen) atoms. The molecule has 0 radical (unpaired) electrons. The molecule has 1 aliphatic rings. The van der Waals surface area contributed by atoms with Gasteiger partial charge in [0.15, 0.2) is 11.7 Å². The molecule has 0 saturated carbocycles. The van der Waals surface area contributed by atoms with E-state index in [0.717, 1.165) is 11.4 Å². The highest BCUT2D eigenvalue weighted by atomic mass is 32.1. The molecule has 6 nitrogen and oxygen atoms in total. The molecular weight excluding hydrogens is 324 g/mol. The van der Waals surface area contributed by atoms with Crippen LogP contribution in [-0.4, -0.2) is 30.3 Å². The highest BCUT2D eigenvalue weighted by Gasteiger charge is 2.26. The maximum atomic E-state index is 12.7. The zero-order chi connectivity index (χ0) is 17.3. The van der Waals surface area contributed by atoms with Crippen LogP contribution in [-0.2, 0) is 4.79 Å². The monoisotopic (exact) mass is 340 g/mol. The van der Waals surface area contributed by atoms with E-state index in [0.29, 0.717) is 29.2 Å². The molecule has 1 aromatic carbocycles. The minimum atomic E-state index is -0.930. The van der Waals surface area contributed by atoms with Gasteiger partial charge in [-0.2, -0.15) is 5.26 Å². The summed E-state index contributed by atoms with van der Waals surface area (Å²) >= 11 is 1.31. The van der Waals surface area contributed by atoms with Crippen molar-refractivity contribution in [3.63, 3.8) is 0 Å². The summed E-state index contributed by atoms with van der Waals surface area (Å²) in [6, 6.07) is 7.18. The molecule has 1 aliphatic heterocycles. The van der Waals surface area contributed by atoms with Crippen LogP contribution < -0.4 is 10.2 Å². The lowest BCUT2D eigenvalue weighted by molar-refractivity contribution is -0.115. The molecule has 1 amide bonds. The Hall–Kier alpha value is -2.72. The molecule has 0 spiro atoms.